The molecule has 8 aromatic carbocycles. The van der Waals surface area contributed by atoms with E-state index >= 15 is 0 Å². The number of para-hydroxylation sites is 2. The van der Waals surface area contributed by atoms with Gasteiger partial charge in [0, 0.05) is 44.1 Å². The molecule has 0 atom stereocenters. The Morgan fingerprint density at radius 2 is 0.911 bits per heavy atom. The van der Waals surface area contributed by atoms with Crippen molar-refractivity contribution in [3.8, 4) is 44.5 Å². The average molecular weight is 720 g/mol. The molecule has 0 saturated heterocycles. The summed E-state index contributed by atoms with van der Waals surface area (Å²) in [5.41, 5.74) is 20.6. The monoisotopic (exact) mass is 719 g/mol. The van der Waals surface area contributed by atoms with Gasteiger partial charge in [0.25, 0.3) is 0 Å². The van der Waals surface area contributed by atoms with E-state index in [9.17, 15) is 0 Å². The zero-order chi connectivity index (χ0) is 37.8. The van der Waals surface area contributed by atoms with Crippen LogP contribution in [0.2, 0.25) is 0 Å². The molecule has 56 heavy (non-hydrogen) atoms. The number of rotatable bonds is 5. The fourth-order valence-corrected chi connectivity index (χ4v) is 9.99. The van der Waals surface area contributed by atoms with Crippen molar-refractivity contribution in [1.29, 1.82) is 0 Å². The Balaban J connectivity index is 1.06. The molecular weight excluding hydrogens is 679 g/mol. The van der Waals surface area contributed by atoms with Crippen LogP contribution in [0.4, 0.5) is 17.1 Å². The summed E-state index contributed by atoms with van der Waals surface area (Å²) in [6.07, 6.45) is 0. The van der Waals surface area contributed by atoms with E-state index in [0.717, 1.165) is 44.4 Å². The first-order valence-electron chi connectivity index (χ1n) is 19.7. The van der Waals surface area contributed by atoms with Gasteiger partial charge in [0.1, 0.15) is 11.2 Å². The Morgan fingerprint density at radius 1 is 0.393 bits per heavy atom. The average Bonchev–Trinajstić information content (AvgIpc) is 3.82. The third kappa shape index (κ3) is 4.62. The Hall–Kier alpha value is -6.64. The summed E-state index contributed by atoms with van der Waals surface area (Å²) in [6, 6.07) is 64.5. The molecule has 268 valence electrons. The summed E-state index contributed by atoms with van der Waals surface area (Å²) in [7, 11) is 0. The highest BCUT2D eigenvalue weighted by atomic mass is 16.3. The lowest BCUT2D eigenvalue weighted by molar-refractivity contribution is 0.660. The van der Waals surface area contributed by atoms with Crippen molar-refractivity contribution < 1.29 is 4.42 Å². The van der Waals surface area contributed by atoms with Crippen molar-refractivity contribution in [3.05, 3.63) is 198 Å². The van der Waals surface area contributed by atoms with Crippen LogP contribution < -0.4 is 4.90 Å². The largest absolute Gasteiger partial charge is 0.455 e. The molecule has 2 aliphatic carbocycles. The van der Waals surface area contributed by atoms with Gasteiger partial charge in [-0.1, -0.05) is 167 Å². The van der Waals surface area contributed by atoms with Crippen molar-refractivity contribution in [3.63, 3.8) is 0 Å². The van der Waals surface area contributed by atoms with Crippen molar-refractivity contribution in [1.82, 2.24) is 0 Å². The number of furan rings is 1. The van der Waals surface area contributed by atoms with Crippen LogP contribution >= 0.6 is 0 Å². The Morgan fingerprint density at radius 3 is 1.66 bits per heavy atom. The van der Waals surface area contributed by atoms with Gasteiger partial charge >= 0.3 is 0 Å². The van der Waals surface area contributed by atoms with E-state index in [1.165, 1.54) is 61.3 Å². The zero-order valence-corrected chi connectivity index (χ0v) is 32.1. The van der Waals surface area contributed by atoms with Gasteiger partial charge in [-0.05, 0) is 92.0 Å². The lowest BCUT2D eigenvalue weighted by atomic mass is 9.79. The fraction of sp³-hybridized carbons (Fsp3) is 0.111. The third-order valence-electron chi connectivity index (χ3n) is 12.7. The molecule has 0 spiro atoms. The number of anilines is 3. The first-order chi connectivity index (χ1) is 27.3. The minimum atomic E-state index is -0.106. The minimum absolute atomic E-state index is 0.0908. The summed E-state index contributed by atoms with van der Waals surface area (Å²) >= 11 is 0. The maximum Gasteiger partial charge on any atom is 0.143 e. The van der Waals surface area contributed by atoms with Crippen LogP contribution in [0.15, 0.2) is 180 Å². The molecule has 0 bridgehead atoms. The SMILES string of the molecule is CC1(C)c2ccccc2-c2c(N(c3ccc(-c4cccc5c4C(C)(C)c4ccccc4-5)cc3)c3ccc(-c4cccc5c4oc4ccccc45)cc3)cccc21. The fourth-order valence-electron chi connectivity index (χ4n) is 9.99. The quantitative estimate of drug-likeness (QED) is 0.176. The topological polar surface area (TPSA) is 16.4 Å². The summed E-state index contributed by atoms with van der Waals surface area (Å²) in [4.78, 5) is 2.45. The van der Waals surface area contributed by atoms with Gasteiger partial charge in [0.15, 0.2) is 0 Å². The summed E-state index contributed by atoms with van der Waals surface area (Å²) in [5.74, 6) is 0. The molecule has 0 saturated carbocycles. The Bertz CT molecular complexity index is 3010. The number of hydrogen-bond acceptors (Lipinski definition) is 2. The van der Waals surface area contributed by atoms with E-state index in [-0.39, 0.29) is 10.8 Å². The molecular formula is C54H41NO. The maximum atomic E-state index is 6.45. The van der Waals surface area contributed by atoms with Gasteiger partial charge < -0.3 is 9.32 Å². The number of fused-ring (bicyclic) bond motifs is 9. The van der Waals surface area contributed by atoms with Gasteiger partial charge in [0.2, 0.25) is 0 Å². The standard InChI is InChI=1S/C54H41NO/c1-53(2)46-22-9-6-16-44(46)50-47(53)23-13-24-48(50)55(37-32-28-35(29-33-37)39-18-12-20-43-41-15-7-10-25-49(41)56-52(39)43)36-30-26-34(27-31-36)38-17-11-19-42-40-14-5-8-21-45(40)54(3,4)51(38)42/h5-33H,1-4H3. The van der Waals surface area contributed by atoms with E-state index in [4.69, 9.17) is 4.42 Å². The highest BCUT2D eigenvalue weighted by Crippen LogP contribution is 2.55. The summed E-state index contributed by atoms with van der Waals surface area (Å²) < 4.78 is 6.45. The highest BCUT2D eigenvalue weighted by Gasteiger charge is 2.39. The second-order valence-electron chi connectivity index (χ2n) is 16.5. The second kappa shape index (κ2) is 11.9. The second-order valence-corrected chi connectivity index (χ2v) is 16.5. The minimum Gasteiger partial charge on any atom is -0.455 e. The number of benzene rings is 8. The van der Waals surface area contributed by atoms with Gasteiger partial charge in [-0.3, -0.25) is 0 Å². The molecule has 2 aliphatic rings. The van der Waals surface area contributed by atoms with E-state index in [0.29, 0.717) is 0 Å². The van der Waals surface area contributed by atoms with E-state index < -0.39 is 0 Å². The van der Waals surface area contributed by atoms with Crippen molar-refractivity contribution >= 4 is 39.0 Å². The van der Waals surface area contributed by atoms with E-state index in [1.54, 1.807) is 0 Å². The van der Waals surface area contributed by atoms with Crippen LogP contribution in [0.3, 0.4) is 0 Å². The lowest BCUT2D eigenvalue weighted by Gasteiger charge is -2.29. The van der Waals surface area contributed by atoms with Crippen LogP contribution in [0.5, 0.6) is 0 Å². The van der Waals surface area contributed by atoms with Crippen molar-refractivity contribution in [2.24, 2.45) is 0 Å². The third-order valence-corrected chi connectivity index (χ3v) is 12.7. The van der Waals surface area contributed by atoms with Crippen molar-refractivity contribution in [2.45, 2.75) is 38.5 Å². The maximum absolute atomic E-state index is 6.45. The molecule has 1 heterocycles. The molecule has 9 aromatic rings. The van der Waals surface area contributed by atoms with Gasteiger partial charge in [-0.15, -0.1) is 0 Å². The lowest BCUT2D eigenvalue weighted by Crippen LogP contribution is -2.16. The molecule has 0 unspecified atom stereocenters. The van der Waals surface area contributed by atoms with E-state index in [1.807, 2.05) is 12.1 Å². The molecule has 2 nitrogen and oxygen atoms in total. The molecule has 0 amide bonds. The first kappa shape index (κ1) is 32.8. The zero-order valence-electron chi connectivity index (χ0n) is 32.1. The molecule has 0 N–H and O–H groups in total. The first-order valence-corrected chi connectivity index (χ1v) is 19.7. The van der Waals surface area contributed by atoms with Gasteiger partial charge in [-0.2, -0.15) is 0 Å². The summed E-state index contributed by atoms with van der Waals surface area (Å²) in [6.45, 7) is 9.44. The molecule has 11 rings (SSSR count). The molecule has 1 aromatic heterocycles. The van der Waals surface area contributed by atoms with E-state index in [2.05, 4.69) is 196 Å². The Kier molecular flexibility index (Phi) is 6.98. The number of nitrogens with zero attached hydrogens (tertiary/aromatic N) is 1. The van der Waals surface area contributed by atoms with Gasteiger partial charge in [-0.25, -0.2) is 0 Å². The molecule has 0 aliphatic heterocycles. The van der Waals surface area contributed by atoms with Crippen molar-refractivity contribution in [2.75, 3.05) is 4.90 Å². The molecule has 2 heteroatoms. The Labute approximate surface area is 328 Å². The molecule has 0 fully saturated rings. The van der Waals surface area contributed by atoms with Crippen LogP contribution in [-0.4, -0.2) is 0 Å². The van der Waals surface area contributed by atoms with Gasteiger partial charge in [0.05, 0.1) is 5.69 Å². The highest BCUT2D eigenvalue weighted by molar-refractivity contribution is 6.09. The predicted molar refractivity (Wildman–Crippen MR) is 234 cm³/mol. The summed E-state index contributed by atoms with van der Waals surface area (Å²) in [5, 5.41) is 2.28. The predicted octanol–water partition coefficient (Wildman–Crippen LogP) is 15.0. The van der Waals surface area contributed by atoms with Crippen LogP contribution in [0.25, 0.3) is 66.4 Å². The van der Waals surface area contributed by atoms with Crippen LogP contribution in [0.1, 0.15) is 49.9 Å². The smallest absolute Gasteiger partial charge is 0.143 e. The van der Waals surface area contributed by atoms with Crippen LogP contribution in [-0.2, 0) is 10.8 Å². The molecule has 0 radical (unpaired) electrons. The number of hydrogen-bond donors (Lipinski definition) is 0. The normalized spacial score (nSPS) is 14.4. The van der Waals surface area contributed by atoms with Crippen LogP contribution in [0, 0.1) is 0 Å².